The Morgan fingerprint density at radius 1 is 1.00 bits per heavy atom. The van der Waals surface area contributed by atoms with Gasteiger partial charge >= 0.3 is 0 Å². The van der Waals surface area contributed by atoms with Crippen molar-refractivity contribution in [2.75, 3.05) is 0 Å². The number of hydrogen-bond acceptors (Lipinski definition) is 2. The molecule has 2 nitrogen and oxygen atoms in total. The van der Waals surface area contributed by atoms with Crippen LogP contribution >= 0.6 is 0 Å². The van der Waals surface area contributed by atoms with Crippen LogP contribution in [-0.2, 0) is 0 Å². The van der Waals surface area contributed by atoms with Crippen LogP contribution in [0, 0.1) is 5.41 Å². The van der Waals surface area contributed by atoms with E-state index in [9.17, 15) is 5.21 Å². The lowest BCUT2D eigenvalue weighted by molar-refractivity contribution is -0.202. The van der Waals surface area contributed by atoms with E-state index in [1.807, 2.05) is 0 Å². The van der Waals surface area contributed by atoms with Gasteiger partial charge in [-0.3, -0.25) is 0 Å². The van der Waals surface area contributed by atoms with Crippen LogP contribution in [0.15, 0.2) is 0 Å². The van der Waals surface area contributed by atoms with Gasteiger partial charge in [-0.2, -0.15) is 5.06 Å². The molecule has 1 aliphatic rings. The average Bonchev–Trinajstić information content (AvgIpc) is 1.90. The molecule has 0 unspecified atom stereocenters. The highest BCUT2D eigenvalue weighted by atomic mass is 16.5. The third-order valence-electron chi connectivity index (χ3n) is 3.63. The van der Waals surface area contributed by atoms with Gasteiger partial charge in [-0.1, -0.05) is 13.8 Å². The minimum absolute atomic E-state index is 0.0903. The Labute approximate surface area is 75.5 Å². The van der Waals surface area contributed by atoms with Crippen molar-refractivity contribution in [1.29, 1.82) is 0 Å². The highest BCUT2D eigenvalue weighted by Gasteiger charge is 2.55. The molecular weight excluding hydrogens is 150 g/mol. The summed E-state index contributed by atoms with van der Waals surface area (Å²) in [5, 5.41) is 11.5. The molecule has 1 heterocycles. The maximum atomic E-state index is 9.95. The largest absolute Gasteiger partial charge is 0.313 e. The first-order valence-electron chi connectivity index (χ1n) is 4.60. The molecule has 0 aromatic heterocycles. The summed E-state index contributed by atoms with van der Waals surface area (Å²) in [5.74, 6) is 0. The fraction of sp³-hybridized carbons (Fsp3) is 1.00. The Balaban J connectivity index is 3.05. The van der Waals surface area contributed by atoms with Crippen LogP contribution in [0.5, 0.6) is 0 Å². The number of hydroxylamine groups is 2. The molecule has 2 heteroatoms. The molecule has 0 amide bonds. The SMILES string of the molecule is CC1(C)CC(C)(C)C(C)(C)N1O. The normalized spacial score (nSPS) is 32.2. The minimum atomic E-state index is -0.128. The second-order valence-electron chi connectivity index (χ2n) is 5.74. The maximum Gasteiger partial charge on any atom is 0.0461 e. The van der Waals surface area contributed by atoms with E-state index in [-0.39, 0.29) is 16.5 Å². The van der Waals surface area contributed by atoms with E-state index in [1.165, 1.54) is 5.06 Å². The van der Waals surface area contributed by atoms with Crippen LogP contribution < -0.4 is 0 Å². The molecule has 0 atom stereocenters. The first-order valence-corrected chi connectivity index (χ1v) is 4.60. The summed E-state index contributed by atoms with van der Waals surface area (Å²) in [7, 11) is 0. The molecule has 1 rings (SSSR count). The summed E-state index contributed by atoms with van der Waals surface area (Å²) in [4.78, 5) is 0. The lowest BCUT2D eigenvalue weighted by Crippen LogP contribution is -2.49. The molecule has 1 N–H and O–H groups in total. The zero-order chi connectivity index (χ0) is 9.78. The first-order chi connectivity index (χ1) is 5.11. The zero-order valence-electron chi connectivity index (χ0n) is 9.10. The summed E-state index contributed by atoms with van der Waals surface area (Å²) in [5.41, 5.74) is -0.0469. The second kappa shape index (κ2) is 2.24. The lowest BCUT2D eigenvalue weighted by Gasteiger charge is -2.39. The standard InChI is InChI=1S/C10H21NO/c1-8(2)7-9(3,4)11(12)10(8,5)6/h12H,7H2,1-6H3. The molecule has 0 saturated carbocycles. The van der Waals surface area contributed by atoms with Crippen LogP contribution in [0.4, 0.5) is 0 Å². The van der Waals surface area contributed by atoms with Gasteiger partial charge in [0.15, 0.2) is 0 Å². The van der Waals surface area contributed by atoms with Gasteiger partial charge in [-0.05, 0) is 39.5 Å². The lowest BCUT2D eigenvalue weighted by atomic mass is 9.74. The third-order valence-corrected chi connectivity index (χ3v) is 3.63. The van der Waals surface area contributed by atoms with Gasteiger partial charge in [0.25, 0.3) is 0 Å². The van der Waals surface area contributed by atoms with Gasteiger partial charge in [0.1, 0.15) is 0 Å². The maximum absolute atomic E-state index is 9.95. The predicted octanol–water partition coefficient (Wildman–Crippen LogP) is 2.66. The molecule has 1 aliphatic heterocycles. The monoisotopic (exact) mass is 171 g/mol. The van der Waals surface area contributed by atoms with Crippen molar-refractivity contribution in [2.24, 2.45) is 5.41 Å². The molecule has 72 valence electrons. The summed E-state index contributed by atoms with van der Waals surface area (Å²) in [6.45, 7) is 12.8. The quantitative estimate of drug-likeness (QED) is 0.605. The van der Waals surface area contributed by atoms with Gasteiger partial charge in [-0.25, -0.2) is 0 Å². The van der Waals surface area contributed by atoms with Crippen LogP contribution in [0.1, 0.15) is 48.0 Å². The van der Waals surface area contributed by atoms with Crippen LogP contribution in [-0.4, -0.2) is 21.3 Å². The summed E-state index contributed by atoms with van der Waals surface area (Å²) < 4.78 is 0. The highest BCUT2D eigenvalue weighted by Crippen LogP contribution is 2.51. The van der Waals surface area contributed by atoms with Gasteiger partial charge in [0.05, 0.1) is 0 Å². The van der Waals surface area contributed by atoms with Crippen molar-refractivity contribution in [3.8, 4) is 0 Å². The van der Waals surface area contributed by atoms with Crippen molar-refractivity contribution in [1.82, 2.24) is 5.06 Å². The molecule has 12 heavy (non-hydrogen) atoms. The van der Waals surface area contributed by atoms with Gasteiger partial charge in [-0.15, -0.1) is 0 Å². The zero-order valence-corrected chi connectivity index (χ0v) is 9.10. The highest BCUT2D eigenvalue weighted by molar-refractivity contribution is 5.06. The fourth-order valence-corrected chi connectivity index (χ4v) is 2.42. The Kier molecular flexibility index (Phi) is 1.86. The Bertz CT molecular complexity index is 194. The number of hydrogen-bond donors (Lipinski definition) is 1. The van der Waals surface area contributed by atoms with Crippen LogP contribution in [0.2, 0.25) is 0 Å². The average molecular weight is 171 g/mol. The van der Waals surface area contributed by atoms with E-state index >= 15 is 0 Å². The van der Waals surface area contributed by atoms with E-state index in [1.54, 1.807) is 0 Å². The van der Waals surface area contributed by atoms with E-state index in [4.69, 9.17) is 0 Å². The van der Waals surface area contributed by atoms with Crippen LogP contribution in [0.25, 0.3) is 0 Å². The molecule has 0 aliphatic carbocycles. The Morgan fingerprint density at radius 3 is 1.50 bits per heavy atom. The predicted molar refractivity (Wildman–Crippen MR) is 50.2 cm³/mol. The number of rotatable bonds is 0. The molecule has 1 fully saturated rings. The second-order valence-corrected chi connectivity index (χ2v) is 5.74. The van der Waals surface area contributed by atoms with Crippen molar-refractivity contribution in [2.45, 2.75) is 59.0 Å². The topological polar surface area (TPSA) is 23.5 Å². The minimum Gasteiger partial charge on any atom is -0.313 e. The molecule has 1 saturated heterocycles. The molecular formula is C10H21NO. The van der Waals surface area contributed by atoms with Crippen molar-refractivity contribution >= 4 is 0 Å². The summed E-state index contributed by atoms with van der Waals surface area (Å²) in [6, 6.07) is 0. The first kappa shape index (κ1) is 10.0. The molecule has 0 aromatic carbocycles. The van der Waals surface area contributed by atoms with Crippen molar-refractivity contribution in [3.63, 3.8) is 0 Å². The molecule has 0 bridgehead atoms. The van der Waals surface area contributed by atoms with Crippen LogP contribution in [0.3, 0.4) is 0 Å². The van der Waals surface area contributed by atoms with E-state index in [0.717, 1.165) is 6.42 Å². The Hall–Kier alpha value is -0.0800. The molecule has 0 spiro atoms. The van der Waals surface area contributed by atoms with E-state index in [0.29, 0.717) is 0 Å². The molecule has 0 radical (unpaired) electrons. The summed E-state index contributed by atoms with van der Waals surface area (Å²) in [6.07, 6.45) is 1.03. The van der Waals surface area contributed by atoms with Crippen molar-refractivity contribution < 1.29 is 5.21 Å². The Morgan fingerprint density at radius 2 is 1.42 bits per heavy atom. The number of nitrogens with zero attached hydrogens (tertiary/aromatic N) is 1. The van der Waals surface area contributed by atoms with Crippen molar-refractivity contribution in [3.05, 3.63) is 0 Å². The smallest absolute Gasteiger partial charge is 0.0461 e. The third kappa shape index (κ3) is 1.09. The fourth-order valence-electron chi connectivity index (χ4n) is 2.42. The van der Waals surface area contributed by atoms with E-state index in [2.05, 4.69) is 41.5 Å². The summed E-state index contributed by atoms with van der Waals surface area (Å²) >= 11 is 0. The molecule has 0 aromatic rings. The van der Waals surface area contributed by atoms with Gasteiger partial charge in [0, 0.05) is 11.1 Å². The van der Waals surface area contributed by atoms with E-state index < -0.39 is 0 Å². The van der Waals surface area contributed by atoms with Gasteiger partial charge < -0.3 is 5.21 Å². The van der Waals surface area contributed by atoms with Gasteiger partial charge in [0.2, 0.25) is 0 Å².